The highest BCUT2D eigenvalue weighted by molar-refractivity contribution is 5.92. The molecule has 3 aromatic rings. The highest BCUT2D eigenvalue weighted by Gasteiger charge is 2.25. The first-order valence-corrected chi connectivity index (χ1v) is 8.43. The molecule has 0 spiro atoms. The van der Waals surface area contributed by atoms with Crippen LogP contribution in [0.1, 0.15) is 41.8 Å². The molecule has 0 bridgehead atoms. The van der Waals surface area contributed by atoms with Gasteiger partial charge in [-0.1, -0.05) is 49.3 Å². The SMILES string of the molecule is CC(C)C(NC(=O)c1ccccn1)c1nc(-c2ccc(CN)cc2)no1. The van der Waals surface area contributed by atoms with Crippen molar-refractivity contribution in [3.8, 4) is 11.4 Å². The van der Waals surface area contributed by atoms with E-state index in [-0.39, 0.29) is 11.8 Å². The van der Waals surface area contributed by atoms with Crippen LogP contribution in [0.25, 0.3) is 11.4 Å². The van der Waals surface area contributed by atoms with Gasteiger partial charge in [0.05, 0.1) is 0 Å². The van der Waals surface area contributed by atoms with Crippen molar-refractivity contribution in [2.24, 2.45) is 11.7 Å². The van der Waals surface area contributed by atoms with E-state index in [1.54, 1.807) is 24.4 Å². The normalized spacial score (nSPS) is 12.2. The van der Waals surface area contributed by atoms with E-state index in [9.17, 15) is 4.79 Å². The molecular formula is C19H21N5O2. The summed E-state index contributed by atoms with van der Waals surface area (Å²) >= 11 is 0. The van der Waals surface area contributed by atoms with Gasteiger partial charge >= 0.3 is 0 Å². The Hall–Kier alpha value is -3.06. The summed E-state index contributed by atoms with van der Waals surface area (Å²) in [7, 11) is 0. The topological polar surface area (TPSA) is 107 Å². The van der Waals surface area contributed by atoms with Crippen LogP contribution in [0, 0.1) is 5.92 Å². The van der Waals surface area contributed by atoms with Gasteiger partial charge in [0.15, 0.2) is 0 Å². The third-order valence-electron chi connectivity index (χ3n) is 4.01. The monoisotopic (exact) mass is 351 g/mol. The number of nitrogens with zero attached hydrogens (tertiary/aromatic N) is 3. The molecule has 1 amide bonds. The van der Waals surface area contributed by atoms with Crippen LogP contribution in [0.15, 0.2) is 53.2 Å². The number of hydrogen-bond acceptors (Lipinski definition) is 6. The third-order valence-corrected chi connectivity index (χ3v) is 4.01. The number of benzene rings is 1. The van der Waals surface area contributed by atoms with Gasteiger partial charge in [-0.15, -0.1) is 0 Å². The van der Waals surface area contributed by atoms with Crippen LogP contribution in [-0.2, 0) is 6.54 Å². The molecule has 0 aliphatic carbocycles. The Balaban J connectivity index is 1.80. The van der Waals surface area contributed by atoms with Crippen LogP contribution in [0.2, 0.25) is 0 Å². The third kappa shape index (κ3) is 3.94. The average Bonchev–Trinajstić information content (AvgIpc) is 3.16. The first kappa shape index (κ1) is 17.8. The zero-order valence-electron chi connectivity index (χ0n) is 14.7. The lowest BCUT2D eigenvalue weighted by molar-refractivity contribution is 0.0909. The Bertz CT molecular complexity index is 859. The number of carbonyl (C=O) groups is 1. The molecule has 2 heterocycles. The van der Waals surface area contributed by atoms with Crippen LogP contribution in [0.3, 0.4) is 0 Å². The number of pyridine rings is 1. The number of carbonyl (C=O) groups excluding carboxylic acids is 1. The fourth-order valence-electron chi connectivity index (χ4n) is 2.49. The van der Waals surface area contributed by atoms with Gasteiger partial charge in [0.2, 0.25) is 11.7 Å². The molecule has 3 N–H and O–H groups in total. The molecule has 1 unspecified atom stereocenters. The van der Waals surface area contributed by atoms with Crippen molar-refractivity contribution in [1.82, 2.24) is 20.4 Å². The zero-order valence-corrected chi connectivity index (χ0v) is 14.7. The Morgan fingerprint density at radius 2 is 1.96 bits per heavy atom. The minimum atomic E-state index is -0.408. The lowest BCUT2D eigenvalue weighted by Crippen LogP contribution is -2.32. The van der Waals surface area contributed by atoms with Gasteiger partial charge in [-0.2, -0.15) is 4.98 Å². The van der Waals surface area contributed by atoms with Gasteiger partial charge < -0.3 is 15.6 Å². The molecule has 0 fully saturated rings. The van der Waals surface area contributed by atoms with Gasteiger partial charge in [-0.25, -0.2) is 0 Å². The van der Waals surface area contributed by atoms with Crippen LogP contribution in [0.4, 0.5) is 0 Å². The van der Waals surface area contributed by atoms with Crippen molar-refractivity contribution in [2.45, 2.75) is 26.4 Å². The van der Waals surface area contributed by atoms with E-state index >= 15 is 0 Å². The number of aromatic nitrogens is 3. The number of hydrogen-bond donors (Lipinski definition) is 2. The molecule has 0 aliphatic rings. The second-order valence-electron chi connectivity index (χ2n) is 6.27. The average molecular weight is 351 g/mol. The van der Waals surface area contributed by atoms with Gasteiger partial charge in [0, 0.05) is 18.3 Å². The summed E-state index contributed by atoms with van der Waals surface area (Å²) in [5.41, 5.74) is 7.82. The Labute approximate surface area is 151 Å². The van der Waals surface area contributed by atoms with Crippen molar-refractivity contribution in [3.05, 3.63) is 65.8 Å². The standard InChI is InChI=1S/C19H21N5O2/c1-12(2)16(22-18(25)15-5-3-4-10-21-15)19-23-17(24-26-19)14-8-6-13(11-20)7-9-14/h3-10,12,16H,11,20H2,1-2H3,(H,22,25). The second kappa shape index (κ2) is 7.88. The van der Waals surface area contributed by atoms with E-state index in [4.69, 9.17) is 10.3 Å². The number of nitrogens with two attached hydrogens (primary N) is 1. The summed E-state index contributed by atoms with van der Waals surface area (Å²) in [6.45, 7) is 4.43. The molecule has 3 rings (SSSR count). The second-order valence-corrected chi connectivity index (χ2v) is 6.27. The molecule has 7 nitrogen and oxygen atoms in total. The quantitative estimate of drug-likeness (QED) is 0.707. The molecule has 1 aromatic carbocycles. The van der Waals surface area contributed by atoms with Crippen molar-refractivity contribution in [1.29, 1.82) is 0 Å². The minimum absolute atomic E-state index is 0.0654. The molecule has 0 radical (unpaired) electrons. The van der Waals surface area contributed by atoms with Crippen molar-refractivity contribution >= 4 is 5.91 Å². The van der Waals surface area contributed by atoms with E-state index in [1.807, 2.05) is 38.1 Å². The van der Waals surface area contributed by atoms with Gasteiger partial charge in [0.1, 0.15) is 11.7 Å². The summed E-state index contributed by atoms with van der Waals surface area (Å²) in [5.74, 6) is 0.621. The van der Waals surface area contributed by atoms with E-state index < -0.39 is 6.04 Å². The van der Waals surface area contributed by atoms with Gasteiger partial charge in [0.25, 0.3) is 5.91 Å². The van der Waals surface area contributed by atoms with Crippen molar-refractivity contribution in [2.75, 3.05) is 0 Å². The van der Waals surface area contributed by atoms with E-state index in [1.165, 1.54) is 0 Å². The summed E-state index contributed by atoms with van der Waals surface area (Å²) in [6.07, 6.45) is 1.58. The first-order chi connectivity index (χ1) is 12.6. The number of nitrogens with one attached hydrogen (secondary N) is 1. The van der Waals surface area contributed by atoms with Gasteiger partial charge in [-0.3, -0.25) is 9.78 Å². The van der Waals surface area contributed by atoms with Gasteiger partial charge in [-0.05, 0) is 23.6 Å². The highest BCUT2D eigenvalue weighted by Crippen LogP contribution is 2.24. The molecule has 0 aliphatic heterocycles. The molecule has 0 saturated carbocycles. The summed E-state index contributed by atoms with van der Waals surface area (Å²) in [6, 6.07) is 12.4. The van der Waals surface area contributed by atoms with Crippen LogP contribution >= 0.6 is 0 Å². The van der Waals surface area contributed by atoms with Crippen molar-refractivity contribution in [3.63, 3.8) is 0 Å². The summed E-state index contributed by atoms with van der Waals surface area (Å²) in [4.78, 5) is 20.9. The Morgan fingerprint density at radius 3 is 2.58 bits per heavy atom. The molecule has 2 aromatic heterocycles. The van der Waals surface area contributed by atoms with Crippen LogP contribution < -0.4 is 11.1 Å². The number of rotatable bonds is 6. The minimum Gasteiger partial charge on any atom is -0.339 e. The molecule has 134 valence electrons. The van der Waals surface area contributed by atoms with Crippen molar-refractivity contribution < 1.29 is 9.32 Å². The Morgan fingerprint density at radius 1 is 1.19 bits per heavy atom. The molecular weight excluding hydrogens is 330 g/mol. The molecule has 1 atom stereocenters. The Kier molecular flexibility index (Phi) is 5.38. The fourth-order valence-corrected chi connectivity index (χ4v) is 2.49. The zero-order chi connectivity index (χ0) is 18.5. The van der Waals surface area contributed by atoms with Crippen LogP contribution in [-0.4, -0.2) is 21.0 Å². The maximum Gasteiger partial charge on any atom is 0.270 e. The first-order valence-electron chi connectivity index (χ1n) is 8.43. The number of amides is 1. The smallest absolute Gasteiger partial charge is 0.270 e. The maximum absolute atomic E-state index is 12.4. The summed E-state index contributed by atoms with van der Waals surface area (Å²) in [5, 5.41) is 6.96. The highest BCUT2D eigenvalue weighted by atomic mass is 16.5. The lowest BCUT2D eigenvalue weighted by atomic mass is 10.0. The lowest BCUT2D eigenvalue weighted by Gasteiger charge is -2.18. The molecule has 26 heavy (non-hydrogen) atoms. The molecule has 0 saturated heterocycles. The van der Waals surface area contributed by atoms with E-state index in [2.05, 4.69) is 20.4 Å². The predicted octanol–water partition coefficient (Wildman–Crippen LogP) is 2.72. The predicted molar refractivity (Wildman–Crippen MR) is 96.9 cm³/mol. The summed E-state index contributed by atoms with van der Waals surface area (Å²) < 4.78 is 5.41. The largest absolute Gasteiger partial charge is 0.339 e. The van der Waals surface area contributed by atoms with Crippen LogP contribution in [0.5, 0.6) is 0 Å². The maximum atomic E-state index is 12.4. The fraction of sp³-hybridized carbons (Fsp3) is 0.263. The van der Waals surface area contributed by atoms with E-state index in [0.29, 0.717) is 24.0 Å². The molecule has 7 heteroatoms. The van der Waals surface area contributed by atoms with E-state index in [0.717, 1.165) is 11.1 Å².